The van der Waals surface area contributed by atoms with Gasteiger partial charge in [0, 0.05) is 10.4 Å². The van der Waals surface area contributed by atoms with Crippen LogP contribution in [0.5, 0.6) is 0 Å². The van der Waals surface area contributed by atoms with Gasteiger partial charge in [-0.15, -0.1) is 11.3 Å². The average Bonchev–Trinajstić information content (AvgIpc) is 2.84. The number of benzene rings is 1. The van der Waals surface area contributed by atoms with E-state index in [1.807, 2.05) is 43.3 Å². The summed E-state index contributed by atoms with van der Waals surface area (Å²) < 4.78 is 4.76. The lowest BCUT2D eigenvalue weighted by atomic mass is 10.0. The Balaban J connectivity index is 2.56. The second-order valence-electron chi connectivity index (χ2n) is 3.99. The first-order valence-corrected chi connectivity index (χ1v) is 6.38. The number of hydrogen-bond acceptors (Lipinski definition) is 3. The molecule has 92 valence electrons. The molecule has 0 saturated heterocycles. The Morgan fingerprint density at radius 1 is 1.28 bits per heavy atom. The Morgan fingerprint density at radius 2 is 1.94 bits per heavy atom. The molecule has 1 aromatic carbocycles. The number of carbonyl (C=O) groups excluding carboxylic acids is 1. The lowest BCUT2D eigenvalue weighted by molar-refractivity contribution is 0.0606. The molecule has 0 aliphatic rings. The molecule has 0 N–H and O–H groups in total. The van der Waals surface area contributed by atoms with Gasteiger partial charge in [-0.1, -0.05) is 36.9 Å². The predicted octanol–water partition coefficient (Wildman–Crippen LogP) is 4.23. The van der Waals surface area contributed by atoms with E-state index in [1.165, 1.54) is 18.4 Å². The fourth-order valence-corrected chi connectivity index (χ4v) is 2.77. The number of methoxy groups -OCH3 is 1. The van der Waals surface area contributed by atoms with Gasteiger partial charge in [0.1, 0.15) is 4.88 Å². The third-order valence-corrected chi connectivity index (χ3v) is 3.87. The van der Waals surface area contributed by atoms with Crippen LogP contribution >= 0.6 is 11.3 Å². The lowest BCUT2D eigenvalue weighted by Gasteiger charge is -2.02. The molecule has 0 radical (unpaired) electrons. The predicted molar refractivity (Wildman–Crippen MR) is 75.8 cm³/mol. The summed E-state index contributed by atoms with van der Waals surface area (Å²) in [7, 11) is 1.39. The number of ether oxygens (including phenoxy) is 1. The Labute approximate surface area is 111 Å². The van der Waals surface area contributed by atoms with Crippen molar-refractivity contribution in [3.05, 3.63) is 52.7 Å². The smallest absolute Gasteiger partial charge is 0.348 e. The minimum Gasteiger partial charge on any atom is -0.465 e. The molecule has 0 atom stereocenters. The van der Waals surface area contributed by atoms with E-state index in [1.54, 1.807) is 0 Å². The van der Waals surface area contributed by atoms with Gasteiger partial charge in [0.25, 0.3) is 0 Å². The first kappa shape index (κ1) is 12.6. The molecular weight excluding hydrogens is 244 g/mol. The van der Waals surface area contributed by atoms with Crippen molar-refractivity contribution in [2.45, 2.75) is 6.92 Å². The van der Waals surface area contributed by atoms with Crippen molar-refractivity contribution in [3.8, 4) is 11.1 Å². The third kappa shape index (κ3) is 2.36. The quantitative estimate of drug-likeness (QED) is 0.770. The standard InChI is InChI=1S/C15H14O2S/c1-10(2)14-12(11-7-5-4-6-8-11)9-13(18-14)15(16)17-3/h4-9H,1H2,2-3H3. The molecule has 2 aromatic rings. The van der Waals surface area contributed by atoms with Crippen molar-refractivity contribution in [1.29, 1.82) is 0 Å². The maximum atomic E-state index is 11.6. The molecule has 1 heterocycles. The van der Waals surface area contributed by atoms with Crippen molar-refractivity contribution in [1.82, 2.24) is 0 Å². The van der Waals surface area contributed by atoms with E-state index < -0.39 is 0 Å². The first-order valence-electron chi connectivity index (χ1n) is 5.57. The van der Waals surface area contributed by atoms with Crippen molar-refractivity contribution in [2.75, 3.05) is 7.11 Å². The molecule has 0 unspecified atom stereocenters. The second kappa shape index (κ2) is 5.19. The highest BCUT2D eigenvalue weighted by Crippen LogP contribution is 2.35. The topological polar surface area (TPSA) is 26.3 Å². The number of thiophene rings is 1. The Bertz CT molecular complexity index is 582. The minimum absolute atomic E-state index is 0.301. The van der Waals surface area contributed by atoms with Crippen LogP contribution in [0, 0.1) is 0 Å². The molecule has 0 bridgehead atoms. The highest BCUT2D eigenvalue weighted by Gasteiger charge is 2.16. The Hall–Kier alpha value is -1.87. The highest BCUT2D eigenvalue weighted by atomic mass is 32.1. The Morgan fingerprint density at radius 3 is 2.50 bits per heavy atom. The maximum absolute atomic E-state index is 11.6. The number of carbonyl (C=O) groups is 1. The fraction of sp³-hybridized carbons (Fsp3) is 0.133. The van der Waals surface area contributed by atoms with Crippen molar-refractivity contribution < 1.29 is 9.53 Å². The second-order valence-corrected chi connectivity index (χ2v) is 5.04. The molecule has 1 aromatic heterocycles. The SMILES string of the molecule is C=C(C)c1sc(C(=O)OC)cc1-c1ccccc1. The van der Waals surface area contributed by atoms with E-state index in [-0.39, 0.29) is 5.97 Å². The Kier molecular flexibility index (Phi) is 3.63. The van der Waals surface area contributed by atoms with Gasteiger partial charge in [0.15, 0.2) is 0 Å². The summed E-state index contributed by atoms with van der Waals surface area (Å²) in [5.74, 6) is -0.301. The number of esters is 1. The average molecular weight is 258 g/mol. The van der Waals surface area contributed by atoms with Crippen molar-refractivity contribution in [2.24, 2.45) is 0 Å². The maximum Gasteiger partial charge on any atom is 0.348 e. The molecule has 18 heavy (non-hydrogen) atoms. The van der Waals surface area contributed by atoms with Gasteiger partial charge in [0.2, 0.25) is 0 Å². The van der Waals surface area contributed by atoms with Crippen molar-refractivity contribution >= 4 is 22.9 Å². The summed E-state index contributed by atoms with van der Waals surface area (Å²) >= 11 is 1.42. The van der Waals surface area contributed by atoms with Gasteiger partial charge in [0.05, 0.1) is 7.11 Å². The summed E-state index contributed by atoms with van der Waals surface area (Å²) in [4.78, 5) is 13.2. The first-order chi connectivity index (χ1) is 8.63. The van der Waals surface area contributed by atoms with E-state index in [4.69, 9.17) is 4.74 Å². The molecule has 0 saturated carbocycles. The van der Waals surface area contributed by atoms with E-state index in [9.17, 15) is 4.79 Å². The third-order valence-electron chi connectivity index (χ3n) is 2.59. The highest BCUT2D eigenvalue weighted by molar-refractivity contribution is 7.15. The molecule has 0 amide bonds. The number of allylic oxidation sites excluding steroid dienone is 1. The van der Waals surface area contributed by atoms with E-state index in [0.717, 1.165) is 21.6 Å². The van der Waals surface area contributed by atoms with E-state index >= 15 is 0 Å². The monoisotopic (exact) mass is 258 g/mol. The summed E-state index contributed by atoms with van der Waals surface area (Å²) in [6, 6.07) is 11.8. The molecule has 2 nitrogen and oxygen atoms in total. The summed E-state index contributed by atoms with van der Waals surface area (Å²) in [6.07, 6.45) is 0. The minimum atomic E-state index is -0.301. The van der Waals surface area contributed by atoms with E-state index in [0.29, 0.717) is 4.88 Å². The molecule has 2 rings (SSSR count). The molecule has 0 spiro atoms. The van der Waals surface area contributed by atoms with Crippen molar-refractivity contribution in [3.63, 3.8) is 0 Å². The van der Waals surface area contributed by atoms with E-state index in [2.05, 4.69) is 6.58 Å². The molecule has 3 heteroatoms. The zero-order valence-electron chi connectivity index (χ0n) is 10.4. The molecular formula is C15H14O2S. The molecule has 0 fully saturated rings. The number of hydrogen-bond donors (Lipinski definition) is 0. The fourth-order valence-electron chi connectivity index (χ4n) is 1.74. The van der Waals surface area contributed by atoms with Crippen LogP contribution in [0.1, 0.15) is 21.5 Å². The van der Waals surface area contributed by atoms with Crippen LogP contribution in [0.3, 0.4) is 0 Å². The van der Waals surface area contributed by atoms with Gasteiger partial charge < -0.3 is 4.74 Å². The van der Waals surface area contributed by atoms with Gasteiger partial charge >= 0.3 is 5.97 Å². The molecule has 0 aliphatic heterocycles. The van der Waals surface area contributed by atoms with Crippen LogP contribution in [-0.2, 0) is 4.74 Å². The van der Waals surface area contributed by atoms with Gasteiger partial charge in [-0.05, 0) is 24.1 Å². The van der Waals surface area contributed by atoms with Crippen LogP contribution < -0.4 is 0 Å². The number of rotatable bonds is 3. The normalized spacial score (nSPS) is 10.1. The van der Waals surface area contributed by atoms with Gasteiger partial charge in [-0.25, -0.2) is 4.79 Å². The zero-order valence-corrected chi connectivity index (χ0v) is 11.2. The van der Waals surface area contributed by atoms with Crippen LogP contribution in [0.25, 0.3) is 16.7 Å². The van der Waals surface area contributed by atoms with Gasteiger partial charge in [-0.3, -0.25) is 0 Å². The summed E-state index contributed by atoms with van der Waals surface area (Å²) in [6.45, 7) is 5.91. The molecule has 0 aliphatic carbocycles. The van der Waals surface area contributed by atoms with Crippen LogP contribution in [-0.4, -0.2) is 13.1 Å². The zero-order chi connectivity index (χ0) is 13.1. The van der Waals surface area contributed by atoms with Crippen LogP contribution in [0.15, 0.2) is 43.0 Å². The largest absolute Gasteiger partial charge is 0.465 e. The summed E-state index contributed by atoms with van der Waals surface area (Å²) in [5.41, 5.74) is 3.07. The van der Waals surface area contributed by atoms with Gasteiger partial charge in [-0.2, -0.15) is 0 Å². The van der Waals surface area contributed by atoms with Crippen LogP contribution in [0.2, 0.25) is 0 Å². The van der Waals surface area contributed by atoms with Crippen LogP contribution in [0.4, 0.5) is 0 Å². The summed E-state index contributed by atoms with van der Waals surface area (Å²) in [5, 5.41) is 0. The lowest BCUT2D eigenvalue weighted by Crippen LogP contribution is -1.96.